The summed E-state index contributed by atoms with van der Waals surface area (Å²) in [7, 11) is 1.75. The van der Waals surface area contributed by atoms with Gasteiger partial charge in [-0.1, -0.05) is 25.5 Å². The smallest absolute Gasteiger partial charge is 0.119 e. The van der Waals surface area contributed by atoms with Gasteiger partial charge < -0.3 is 9.84 Å². The first-order valence-corrected chi connectivity index (χ1v) is 9.03. The van der Waals surface area contributed by atoms with Crippen molar-refractivity contribution in [2.75, 3.05) is 7.11 Å². The lowest BCUT2D eigenvalue weighted by atomic mass is 9.58. The summed E-state index contributed by atoms with van der Waals surface area (Å²) >= 11 is 0. The largest absolute Gasteiger partial charge is 0.497 e. The Bertz CT molecular complexity index is 748. The standard InChI is InChI=1S/C21H26O2/c1-19-11-18(22)20(2)9-8-16-15-6-5-14(23-3)10-13(15)4-7-17(16)21(19,20)12-19/h5-6,10,18,22H,4,7-9,11-12H2,1-3H3/t18-,19+,20+,21+/m0/s1. The molecule has 1 aromatic carbocycles. The molecule has 0 aliphatic heterocycles. The van der Waals surface area contributed by atoms with E-state index in [1.165, 1.54) is 24.0 Å². The number of aliphatic hydroxyl groups excluding tert-OH is 1. The molecule has 4 atom stereocenters. The van der Waals surface area contributed by atoms with Gasteiger partial charge in [-0.2, -0.15) is 0 Å². The zero-order valence-electron chi connectivity index (χ0n) is 14.4. The second-order valence-electron chi connectivity index (χ2n) is 8.76. The van der Waals surface area contributed by atoms with Crippen LogP contribution < -0.4 is 4.74 Å². The molecule has 0 amide bonds. The van der Waals surface area contributed by atoms with E-state index in [-0.39, 0.29) is 16.9 Å². The van der Waals surface area contributed by atoms with Crippen molar-refractivity contribution in [1.29, 1.82) is 0 Å². The summed E-state index contributed by atoms with van der Waals surface area (Å²) in [6.45, 7) is 4.78. The average molecular weight is 310 g/mol. The minimum atomic E-state index is -0.118. The number of fused-ring (bicyclic) bond motifs is 2. The summed E-state index contributed by atoms with van der Waals surface area (Å²) < 4.78 is 5.41. The van der Waals surface area contributed by atoms with Crippen LogP contribution in [0.5, 0.6) is 5.75 Å². The van der Waals surface area contributed by atoms with Crippen LogP contribution in [-0.4, -0.2) is 18.3 Å². The van der Waals surface area contributed by atoms with E-state index >= 15 is 0 Å². The molecule has 0 bridgehead atoms. The predicted octanol–water partition coefficient (Wildman–Crippen LogP) is 4.36. The molecule has 2 saturated carbocycles. The Hall–Kier alpha value is -1.28. The van der Waals surface area contributed by atoms with Crippen molar-refractivity contribution in [2.24, 2.45) is 16.2 Å². The third kappa shape index (κ3) is 1.41. The lowest BCUT2D eigenvalue weighted by molar-refractivity contribution is 0.0114. The summed E-state index contributed by atoms with van der Waals surface area (Å²) in [5.74, 6) is 0.971. The molecule has 0 heterocycles. The fourth-order valence-corrected chi connectivity index (χ4v) is 6.72. The van der Waals surface area contributed by atoms with Crippen molar-refractivity contribution in [3.63, 3.8) is 0 Å². The van der Waals surface area contributed by atoms with E-state index in [2.05, 4.69) is 32.0 Å². The minimum Gasteiger partial charge on any atom is -0.497 e. The summed E-state index contributed by atoms with van der Waals surface area (Å²) in [4.78, 5) is 0. The molecule has 0 saturated heterocycles. The van der Waals surface area contributed by atoms with Gasteiger partial charge in [-0.25, -0.2) is 0 Å². The molecule has 0 radical (unpaired) electrons. The van der Waals surface area contributed by atoms with Gasteiger partial charge in [-0.15, -0.1) is 0 Å². The van der Waals surface area contributed by atoms with Crippen LogP contribution in [0.4, 0.5) is 0 Å². The highest BCUT2D eigenvalue weighted by molar-refractivity contribution is 5.77. The number of hydrogen-bond donors (Lipinski definition) is 1. The number of aryl methyl sites for hydroxylation is 1. The third-order valence-electron chi connectivity index (χ3n) is 7.97. The fourth-order valence-electron chi connectivity index (χ4n) is 6.72. The molecular weight excluding hydrogens is 284 g/mol. The third-order valence-corrected chi connectivity index (χ3v) is 7.97. The van der Waals surface area contributed by atoms with E-state index in [1.807, 2.05) is 0 Å². The molecule has 23 heavy (non-hydrogen) atoms. The summed E-state index contributed by atoms with van der Waals surface area (Å²) in [5.41, 5.74) is 6.93. The van der Waals surface area contributed by atoms with Gasteiger partial charge in [0.1, 0.15) is 5.75 Å². The highest BCUT2D eigenvalue weighted by Crippen LogP contribution is 2.86. The van der Waals surface area contributed by atoms with Crippen molar-refractivity contribution < 1.29 is 9.84 Å². The van der Waals surface area contributed by atoms with Crippen LogP contribution in [0.1, 0.15) is 57.1 Å². The van der Waals surface area contributed by atoms with Crippen LogP contribution >= 0.6 is 0 Å². The van der Waals surface area contributed by atoms with Crippen LogP contribution in [0.25, 0.3) is 5.57 Å². The van der Waals surface area contributed by atoms with Gasteiger partial charge in [0.25, 0.3) is 0 Å². The summed E-state index contributed by atoms with van der Waals surface area (Å²) in [6, 6.07) is 6.60. The number of hydrogen-bond acceptors (Lipinski definition) is 2. The average Bonchev–Trinajstić information content (AvgIpc) is 3.11. The van der Waals surface area contributed by atoms with Crippen LogP contribution in [0.15, 0.2) is 23.8 Å². The van der Waals surface area contributed by atoms with Gasteiger partial charge >= 0.3 is 0 Å². The number of ether oxygens (including phenoxy) is 1. The number of methoxy groups -OCH3 is 1. The van der Waals surface area contributed by atoms with Crippen LogP contribution in [0, 0.1) is 16.2 Å². The van der Waals surface area contributed by atoms with Crippen molar-refractivity contribution in [3.8, 4) is 5.75 Å². The Kier molecular flexibility index (Phi) is 2.47. The van der Waals surface area contributed by atoms with E-state index in [0.717, 1.165) is 31.4 Å². The van der Waals surface area contributed by atoms with Gasteiger partial charge in [0, 0.05) is 10.8 Å². The molecule has 1 spiro atoms. The second-order valence-corrected chi connectivity index (χ2v) is 8.76. The van der Waals surface area contributed by atoms with E-state index in [1.54, 1.807) is 18.3 Å². The first-order chi connectivity index (χ1) is 11.0. The monoisotopic (exact) mass is 310 g/mol. The van der Waals surface area contributed by atoms with Crippen molar-refractivity contribution >= 4 is 5.57 Å². The Morgan fingerprint density at radius 3 is 2.78 bits per heavy atom. The Labute approximate surface area is 138 Å². The van der Waals surface area contributed by atoms with Crippen LogP contribution in [-0.2, 0) is 6.42 Å². The maximum atomic E-state index is 10.8. The summed E-state index contributed by atoms with van der Waals surface area (Å²) in [5, 5.41) is 10.8. The van der Waals surface area contributed by atoms with Gasteiger partial charge in [0.15, 0.2) is 0 Å². The molecule has 2 fully saturated rings. The quantitative estimate of drug-likeness (QED) is 0.835. The molecule has 0 unspecified atom stereocenters. The molecule has 5 rings (SSSR count). The molecule has 2 heteroatoms. The predicted molar refractivity (Wildman–Crippen MR) is 91.4 cm³/mol. The van der Waals surface area contributed by atoms with Gasteiger partial charge in [-0.3, -0.25) is 0 Å². The van der Waals surface area contributed by atoms with E-state index in [0.29, 0.717) is 5.41 Å². The SMILES string of the molecule is COc1ccc2c(c1)CCC1=C2CC[C@]2(C)[C@@H](O)C[C@]3(C)C[C@@]132. The van der Waals surface area contributed by atoms with Crippen LogP contribution in [0.2, 0.25) is 0 Å². The Morgan fingerprint density at radius 2 is 2.00 bits per heavy atom. The molecule has 122 valence electrons. The Balaban J connectivity index is 1.69. The van der Waals surface area contributed by atoms with Gasteiger partial charge in [0.2, 0.25) is 0 Å². The fraction of sp³-hybridized carbons (Fsp3) is 0.619. The molecular formula is C21H26O2. The van der Waals surface area contributed by atoms with Crippen LogP contribution in [0.3, 0.4) is 0 Å². The first kappa shape index (κ1) is 14.1. The number of rotatable bonds is 1. The summed E-state index contributed by atoms with van der Waals surface area (Å²) in [6.07, 6.45) is 6.72. The molecule has 0 aromatic heterocycles. The lowest BCUT2D eigenvalue weighted by Crippen LogP contribution is -2.41. The Morgan fingerprint density at radius 1 is 1.17 bits per heavy atom. The van der Waals surface area contributed by atoms with Gasteiger partial charge in [-0.05, 0) is 72.8 Å². The molecule has 1 aromatic rings. The molecule has 4 aliphatic carbocycles. The number of benzene rings is 1. The zero-order valence-corrected chi connectivity index (χ0v) is 14.4. The van der Waals surface area contributed by atoms with Crippen molar-refractivity contribution in [1.82, 2.24) is 0 Å². The second kappa shape index (κ2) is 4.03. The number of allylic oxidation sites excluding steroid dienone is 2. The van der Waals surface area contributed by atoms with Crippen molar-refractivity contribution in [2.45, 2.75) is 58.5 Å². The highest BCUT2D eigenvalue weighted by Gasteiger charge is 2.80. The number of aliphatic hydroxyl groups is 1. The maximum Gasteiger partial charge on any atom is 0.119 e. The molecule has 4 aliphatic rings. The highest BCUT2D eigenvalue weighted by atomic mass is 16.5. The normalized spacial score (nSPS) is 43.4. The minimum absolute atomic E-state index is 0.102. The molecule has 2 nitrogen and oxygen atoms in total. The molecule has 1 N–H and O–H groups in total. The van der Waals surface area contributed by atoms with E-state index < -0.39 is 0 Å². The van der Waals surface area contributed by atoms with E-state index in [4.69, 9.17) is 4.74 Å². The van der Waals surface area contributed by atoms with Gasteiger partial charge in [0.05, 0.1) is 13.2 Å². The maximum absolute atomic E-state index is 10.8. The van der Waals surface area contributed by atoms with Crippen molar-refractivity contribution in [3.05, 3.63) is 34.9 Å². The first-order valence-electron chi connectivity index (χ1n) is 9.03. The van der Waals surface area contributed by atoms with E-state index in [9.17, 15) is 5.11 Å². The topological polar surface area (TPSA) is 29.5 Å². The lowest BCUT2D eigenvalue weighted by Gasteiger charge is -2.46. The zero-order chi connectivity index (χ0) is 16.0.